The summed E-state index contributed by atoms with van der Waals surface area (Å²) >= 11 is 0. The number of nitrogens with zero attached hydrogens (tertiary/aromatic N) is 1. The Bertz CT molecular complexity index is 1740. The van der Waals surface area contributed by atoms with Crippen molar-refractivity contribution in [3.05, 3.63) is 120 Å². The van der Waals surface area contributed by atoms with Gasteiger partial charge >= 0.3 is 12.2 Å². The number of alkyl carbamates (subject to hydrolysis) is 1. The molecular formula is C32H32N4O6S. The lowest BCUT2D eigenvalue weighted by Crippen LogP contribution is -2.49. The maximum absolute atomic E-state index is 12.5. The summed E-state index contributed by atoms with van der Waals surface area (Å²) < 4.78 is 29.3. The third kappa shape index (κ3) is 7.85. The summed E-state index contributed by atoms with van der Waals surface area (Å²) in [5.74, 6) is -0.150. The number of hydrogen-bond acceptors (Lipinski definition) is 6. The van der Waals surface area contributed by atoms with Gasteiger partial charge in [0.1, 0.15) is 12.4 Å². The minimum Gasteiger partial charge on any atom is -0.465 e. The number of nitrogens with two attached hydrogens (primary N) is 1. The van der Waals surface area contributed by atoms with Gasteiger partial charge in [0.05, 0.1) is 4.90 Å². The molecule has 43 heavy (non-hydrogen) atoms. The monoisotopic (exact) mass is 600 g/mol. The van der Waals surface area contributed by atoms with Crippen molar-refractivity contribution in [2.45, 2.75) is 37.3 Å². The molecule has 0 spiro atoms. The van der Waals surface area contributed by atoms with Crippen LogP contribution in [0.25, 0.3) is 11.1 Å². The van der Waals surface area contributed by atoms with E-state index in [4.69, 9.17) is 15.3 Å². The number of carboxylic acid groups (broad SMARTS) is 1. The van der Waals surface area contributed by atoms with Crippen molar-refractivity contribution in [1.29, 1.82) is 5.41 Å². The van der Waals surface area contributed by atoms with Crippen LogP contribution in [0.4, 0.5) is 15.3 Å². The quantitative estimate of drug-likeness (QED) is 0.141. The Morgan fingerprint density at radius 1 is 0.907 bits per heavy atom. The summed E-state index contributed by atoms with van der Waals surface area (Å²) in [4.78, 5) is 25.9. The number of sulfonamides is 1. The highest BCUT2D eigenvalue weighted by Gasteiger charge is 2.33. The molecule has 0 bridgehead atoms. The smallest absolute Gasteiger partial charge is 0.413 e. The van der Waals surface area contributed by atoms with Crippen LogP contribution in [-0.4, -0.2) is 37.1 Å². The topological polar surface area (TPSA) is 163 Å². The molecule has 11 heteroatoms. The number of rotatable bonds is 9. The molecule has 2 amide bonds. The van der Waals surface area contributed by atoms with Gasteiger partial charge in [-0.3, -0.25) is 15.6 Å². The van der Waals surface area contributed by atoms with Gasteiger partial charge in [0.15, 0.2) is 0 Å². The van der Waals surface area contributed by atoms with E-state index in [0.29, 0.717) is 22.4 Å². The van der Waals surface area contributed by atoms with Crippen molar-refractivity contribution in [3.8, 4) is 11.1 Å². The number of carbonyl (C=O) groups excluding carboxylic acids is 1. The summed E-state index contributed by atoms with van der Waals surface area (Å²) in [6.07, 6.45) is -1.64. The molecule has 4 rings (SSSR count). The summed E-state index contributed by atoms with van der Waals surface area (Å²) in [5.41, 5.74) is 2.43. The maximum atomic E-state index is 12.5. The Morgan fingerprint density at radius 3 is 2.19 bits per heavy atom. The van der Waals surface area contributed by atoms with E-state index in [0.717, 1.165) is 11.1 Å². The molecule has 0 fully saturated rings. The average molecular weight is 601 g/mol. The first-order chi connectivity index (χ1) is 20.3. The van der Waals surface area contributed by atoms with Crippen LogP contribution in [0.5, 0.6) is 0 Å². The number of amidine groups is 1. The molecule has 222 valence electrons. The lowest BCUT2D eigenvalue weighted by atomic mass is 9.91. The Morgan fingerprint density at radius 2 is 1.53 bits per heavy atom. The highest BCUT2D eigenvalue weighted by atomic mass is 32.2. The minimum absolute atomic E-state index is 0.0254. The van der Waals surface area contributed by atoms with Crippen molar-refractivity contribution >= 4 is 33.7 Å². The van der Waals surface area contributed by atoms with Crippen LogP contribution in [-0.2, 0) is 27.8 Å². The van der Waals surface area contributed by atoms with Crippen LogP contribution < -0.4 is 15.4 Å². The molecule has 0 aliphatic carbocycles. The molecule has 0 radical (unpaired) electrons. The molecule has 0 aliphatic heterocycles. The van der Waals surface area contributed by atoms with Gasteiger partial charge < -0.3 is 9.84 Å². The fourth-order valence-electron chi connectivity index (χ4n) is 4.81. The van der Waals surface area contributed by atoms with Crippen molar-refractivity contribution < 1.29 is 27.9 Å². The number of primary sulfonamides is 1. The van der Waals surface area contributed by atoms with Crippen LogP contribution in [0.3, 0.4) is 0 Å². The third-order valence-corrected chi connectivity index (χ3v) is 7.69. The first kappa shape index (κ1) is 30.9. The zero-order valence-electron chi connectivity index (χ0n) is 23.7. The van der Waals surface area contributed by atoms with Crippen molar-refractivity contribution in [2.75, 3.05) is 4.90 Å². The summed E-state index contributed by atoms with van der Waals surface area (Å²) in [5, 5.41) is 26.3. The first-order valence-electron chi connectivity index (χ1n) is 13.3. The molecule has 4 aromatic rings. The predicted molar refractivity (Wildman–Crippen MR) is 165 cm³/mol. The zero-order chi connectivity index (χ0) is 31.2. The average Bonchev–Trinajstić information content (AvgIpc) is 2.96. The van der Waals surface area contributed by atoms with Gasteiger partial charge in [-0.1, -0.05) is 78.9 Å². The van der Waals surface area contributed by atoms with Crippen LogP contribution in [0.2, 0.25) is 0 Å². The normalized spacial score (nSPS) is 11.4. The third-order valence-electron chi connectivity index (χ3n) is 6.72. The molecule has 0 aliphatic rings. The molecule has 5 N–H and O–H groups in total. The van der Waals surface area contributed by atoms with E-state index in [9.17, 15) is 23.1 Å². The zero-order valence-corrected chi connectivity index (χ0v) is 24.5. The fraction of sp³-hybridized carbons (Fsp3) is 0.156. The first-order valence-corrected chi connectivity index (χ1v) is 14.8. The lowest BCUT2D eigenvalue weighted by molar-refractivity contribution is 0.145. The maximum Gasteiger partial charge on any atom is 0.413 e. The van der Waals surface area contributed by atoms with Crippen molar-refractivity contribution in [2.24, 2.45) is 5.14 Å². The Labute approximate surface area is 250 Å². The molecule has 0 aromatic heterocycles. The van der Waals surface area contributed by atoms with Gasteiger partial charge in [0.2, 0.25) is 10.0 Å². The fourth-order valence-corrected chi connectivity index (χ4v) is 5.57. The van der Waals surface area contributed by atoms with Gasteiger partial charge in [0, 0.05) is 22.4 Å². The Balaban J connectivity index is 1.49. The van der Waals surface area contributed by atoms with Gasteiger partial charge in [-0.05, 0) is 61.2 Å². The van der Waals surface area contributed by atoms with E-state index in [1.165, 1.54) is 11.0 Å². The molecule has 0 atom stereocenters. The highest BCUT2D eigenvalue weighted by molar-refractivity contribution is 7.89. The molecule has 0 saturated heterocycles. The van der Waals surface area contributed by atoms with E-state index < -0.39 is 27.7 Å². The number of ether oxygens (including phenoxy) is 1. The largest absolute Gasteiger partial charge is 0.465 e. The number of carbonyl (C=O) groups is 2. The Hall–Kier alpha value is -5.00. The number of benzene rings is 4. The summed E-state index contributed by atoms with van der Waals surface area (Å²) in [7, 11) is -3.96. The number of anilines is 1. The van der Waals surface area contributed by atoms with Crippen LogP contribution in [0.1, 0.15) is 30.5 Å². The van der Waals surface area contributed by atoms with Crippen molar-refractivity contribution in [3.63, 3.8) is 0 Å². The minimum atomic E-state index is -3.96. The van der Waals surface area contributed by atoms with E-state index >= 15 is 0 Å². The molecule has 0 heterocycles. The second-order valence-electron chi connectivity index (χ2n) is 10.5. The van der Waals surface area contributed by atoms with Gasteiger partial charge in [-0.2, -0.15) is 0 Å². The highest BCUT2D eigenvalue weighted by Crippen LogP contribution is 2.32. The summed E-state index contributed by atoms with van der Waals surface area (Å²) in [6.45, 7) is 3.63. The number of nitrogens with one attached hydrogen (secondary N) is 2. The Kier molecular flexibility index (Phi) is 9.27. The van der Waals surface area contributed by atoms with Crippen LogP contribution >= 0.6 is 0 Å². The van der Waals surface area contributed by atoms with Gasteiger partial charge in [-0.15, -0.1) is 0 Å². The molecule has 0 unspecified atom stereocenters. The van der Waals surface area contributed by atoms with Crippen LogP contribution in [0, 0.1) is 5.41 Å². The predicted octanol–water partition coefficient (Wildman–Crippen LogP) is 5.76. The molecule has 4 aromatic carbocycles. The second kappa shape index (κ2) is 12.9. The van der Waals surface area contributed by atoms with E-state index in [-0.39, 0.29) is 23.8 Å². The number of hydrogen-bond donors (Lipinski definition) is 4. The molecule has 0 saturated carbocycles. The van der Waals surface area contributed by atoms with E-state index in [2.05, 4.69) is 5.32 Å². The standard InChI is InChI=1S/C32H32N4O6S/c1-32(2,20-23-11-8-12-25(19-23)29(33)35-30(37)42-21-22-9-4-3-5-10-22)36(31(38)39)26-17-15-24(16-18-26)27-13-6-7-14-28(27)43(34,40)41/h3-19H,20-21H2,1-2H3,(H,38,39)(H2,33,35,37)(H2,34,40,41). The van der Waals surface area contributed by atoms with E-state index in [1.54, 1.807) is 74.5 Å². The van der Waals surface area contributed by atoms with E-state index in [1.807, 2.05) is 36.4 Å². The van der Waals surface area contributed by atoms with Crippen molar-refractivity contribution in [1.82, 2.24) is 5.32 Å². The molecule has 10 nitrogen and oxygen atoms in total. The van der Waals surface area contributed by atoms with Crippen LogP contribution in [0.15, 0.2) is 108 Å². The van der Waals surface area contributed by atoms with Gasteiger partial charge in [-0.25, -0.2) is 23.1 Å². The number of amides is 2. The molecular weight excluding hydrogens is 568 g/mol. The second-order valence-corrected chi connectivity index (χ2v) is 12.0. The summed E-state index contributed by atoms with van der Waals surface area (Å²) in [6, 6.07) is 29.0. The SMILES string of the molecule is CC(C)(Cc1cccc(C(=N)NC(=O)OCc2ccccc2)c1)N(C(=O)O)c1ccc(-c2ccccc2S(N)(=O)=O)cc1. The van der Waals surface area contributed by atoms with Gasteiger partial charge in [0.25, 0.3) is 0 Å². The lowest BCUT2D eigenvalue weighted by Gasteiger charge is -2.37.